The number of ether oxygens (including phenoxy) is 1. The Morgan fingerprint density at radius 1 is 1.33 bits per heavy atom. The molecule has 0 atom stereocenters. The Balaban J connectivity index is 2.95. The lowest BCUT2D eigenvalue weighted by molar-refractivity contribution is -0.270. The minimum Gasteiger partial charge on any atom is -0.469 e. The van der Waals surface area contributed by atoms with Crippen LogP contribution in [0.2, 0.25) is 0 Å². The van der Waals surface area contributed by atoms with Crippen LogP contribution < -0.4 is 5.32 Å². The molecule has 0 aliphatic carbocycles. The van der Waals surface area contributed by atoms with Gasteiger partial charge in [-0.2, -0.15) is 0 Å². The Labute approximate surface area is 71.9 Å². The van der Waals surface area contributed by atoms with Crippen LogP contribution in [-0.2, 0) is 19.3 Å². The molecular formula is C7H15NO4. The van der Waals surface area contributed by atoms with Gasteiger partial charge in [0, 0.05) is 13.1 Å². The average molecular weight is 177 g/mol. The molecule has 0 aromatic heterocycles. The van der Waals surface area contributed by atoms with E-state index in [0.29, 0.717) is 26.1 Å². The Kier molecular flexibility index (Phi) is 7.99. The van der Waals surface area contributed by atoms with E-state index in [0.717, 1.165) is 0 Å². The zero-order chi connectivity index (χ0) is 9.23. The second-order valence-electron chi connectivity index (χ2n) is 2.06. The van der Waals surface area contributed by atoms with Gasteiger partial charge in [-0.1, -0.05) is 0 Å². The van der Waals surface area contributed by atoms with Crippen LogP contribution in [0.25, 0.3) is 0 Å². The lowest BCUT2D eigenvalue weighted by atomic mass is 10.4. The quantitative estimate of drug-likeness (QED) is 0.251. The van der Waals surface area contributed by atoms with Crippen molar-refractivity contribution in [2.24, 2.45) is 0 Å². The number of carbonyl (C=O) groups excluding carboxylic acids is 1. The monoisotopic (exact) mass is 177 g/mol. The summed E-state index contributed by atoms with van der Waals surface area (Å²) in [5.74, 6) is -0.213. The first-order valence-electron chi connectivity index (χ1n) is 3.74. The van der Waals surface area contributed by atoms with E-state index in [2.05, 4.69) is 19.8 Å². The zero-order valence-electron chi connectivity index (χ0n) is 7.46. The van der Waals surface area contributed by atoms with Gasteiger partial charge in [-0.15, -0.1) is 0 Å². The summed E-state index contributed by atoms with van der Waals surface area (Å²) in [4.78, 5) is 19.5. The van der Waals surface area contributed by atoms with E-state index in [-0.39, 0.29) is 5.97 Å². The maximum absolute atomic E-state index is 10.6. The predicted molar refractivity (Wildman–Crippen MR) is 42.5 cm³/mol. The Morgan fingerprint density at radius 2 is 2.08 bits per heavy atom. The molecule has 5 nitrogen and oxygen atoms in total. The van der Waals surface area contributed by atoms with Crippen LogP contribution in [0.3, 0.4) is 0 Å². The van der Waals surface area contributed by atoms with E-state index >= 15 is 0 Å². The number of nitrogens with one attached hydrogen (secondary N) is 1. The highest BCUT2D eigenvalue weighted by molar-refractivity contribution is 5.69. The second kappa shape index (κ2) is 8.45. The SMILES string of the molecule is COOCCNCCC(=O)OC. The second-order valence-corrected chi connectivity index (χ2v) is 2.06. The largest absolute Gasteiger partial charge is 0.469 e. The van der Waals surface area contributed by atoms with Crippen molar-refractivity contribution in [3.63, 3.8) is 0 Å². The number of esters is 1. The summed E-state index contributed by atoms with van der Waals surface area (Å²) in [6.07, 6.45) is 0.378. The van der Waals surface area contributed by atoms with E-state index in [9.17, 15) is 4.79 Å². The minimum atomic E-state index is -0.213. The van der Waals surface area contributed by atoms with Crippen molar-refractivity contribution in [3.05, 3.63) is 0 Å². The summed E-state index contributed by atoms with van der Waals surface area (Å²) >= 11 is 0. The molecule has 0 aliphatic rings. The van der Waals surface area contributed by atoms with Gasteiger partial charge in [0.25, 0.3) is 0 Å². The topological polar surface area (TPSA) is 56.8 Å². The predicted octanol–water partition coefficient (Wildman–Crippen LogP) is -0.283. The summed E-state index contributed by atoms with van der Waals surface area (Å²) in [6, 6.07) is 0. The van der Waals surface area contributed by atoms with Crippen molar-refractivity contribution in [1.29, 1.82) is 0 Å². The highest BCUT2D eigenvalue weighted by atomic mass is 17.2. The van der Waals surface area contributed by atoms with E-state index < -0.39 is 0 Å². The summed E-state index contributed by atoms with van der Waals surface area (Å²) < 4.78 is 4.44. The molecule has 0 aliphatic heterocycles. The molecule has 0 saturated carbocycles. The van der Waals surface area contributed by atoms with Crippen LogP contribution in [0.5, 0.6) is 0 Å². The molecule has 1 N–H and O–H groups in total. The van der Waals surface area contributed by atoms with Gasteiger partial charge in [-0.05, 0) is 0 Å². The van der Waals surface area contributed by atoms with Gasteiger partial charge in [0.1, 0.15) is 0 Å². The van der Waals surface area contributed by atoms with Crippen LogP contribution in [0.1, 0.15) is 6.42 Å². The number of rotatable bonds is 7. The number of hydrogen-bond donors (Lipinski definition) is 1. The maximum Gasteiger partial charge on any atom is 0.306 e. The fraction of sp³-hybridized carbons (Fsp3) is 0.857. The van der Waals surface area contributed by atoms with Crippen LogP contribution in [0.15, 0.2) is 0 Å². The molecule has 0 radical (unpaired) electrons. The third-order valence-electron chi connectivity index (χ3n) is 1.21. The third-order valence-corrected chi connectivity index (χ3v) is 1.21. The molecular weight excluding hydrogens is 162 g/mol. The third kappa shape index (κ3) is 7.46. The van der Waals surface area contributed by atoms with Crippen molar-refractivity contribution in [1.82, 2.24) is 5.32 Å². The normalized spacial score (nSPS) is 9.83. The van der Waals surface area contributed by atoms with Crippen LogP contribution in [-0.4, -0.2) is 39.9 Å². The molecule has 0 saturated heterocycles. The summed E-state index contributed by atoms with van der Waals surface area (Å²) in [6.45, 7) is 1.72. The molecule has 12 heavy (non-hydrogen) atoms. The van der Waals surface area contributed by atoms with Crippen LogP contribution >= 0.6 is 0 Å². The first-order valence-corrected chi connectivity index (χ1v) is 3.74. The van der Waals surface area contributed by atoms with Gasteiger partial charge in [-0.3, -0.25) is 4.79 Å². The molecule has 0 spiro atoms. The Bertz CT molecular complexity index is 118. The van der Waals surface area contributed by atoms with Crippen molar-refractivity contribution in [2.45, 2.75) is 6.42 Å². The van der Waals surface area contributed by atoms with Crippen LogP contribution in [0.4, 0.5) is 0 Å². The fourth-order valence-corrected chi connectivity index (χ4v) is 0.615. The standard InChI is InChI=1S/C7H15NO4/c1-10-7(9)3-4-8-5-6-12-11-2/h8H,3-6H2,1-2H3. The molecule has 5 heteroatoms. The number of methoxy groups -OCH3 is 1. The van der Waals surface area contributed by atoms with Gasteiger partial charge < -0.3 is 10.1 Å². The maximum atomic E-state index is 10.6. The van der Waals surface area contributed by atoms with Crippen molar-refractivity contribution < 1.29 is 19.3 Å². The number of hydrogen-bond acceptors (Lipinski definition) is 5. The number of carbonyl (C=O) groups is 1. The lowest BCUT2D eigenvalue weighted by Gasteiger charge is -2.02. The van der Waals surface area contributed by atoms with Crippen molar-refractivity contribution in [3.8, 4) is 0 Å². The van der Waals surface area contributed by atoms with Gasteiger partial charge in [0.15, 0.2) is 0 Å². The zero-order valence-corrected chi connectivity index (χ0v) is 7.46. The summed E-state index contributed by atoms with van der Waals surface area (Å²) in [5.41, 5.74) is 0. The minimum absolute atomic E-state index is 0.213. The van der Waals surface area contributed by atoms with Gasteiger partial charge >= 0.3 is 5.97 Å². The van der Waals surface area contributed by atoms with E-state index in [1.54, 1.807) is 0 Å². The molecule has 0 unspecified atom stereocenters. The van der Waals surface area contributed by atoms with Gasteiger partial charge in [0.05, 0.1) is 27.2 Å². The summed E-state index contributed by atoms with van der Waals surface area (Å²) in [5, 5.41) is 2.98. The Morgan fingerprint density at radius 3 is 2.67 bits per heavy atom. The van der Waals surface area contributed by atoms with Gasteiger partial charge in [0.2, 0.25) is 0 Å². The molecule has 0 amide bonds. The van der Waals surface area contributed by atoms with Crippen molar-refractivity contribution in [2.75, 3.05) is 33.9 Å². The lowest BCUT2D eigenvalue weighted by Crippen LogP contribution is -2.23. The van der Waals surface area contributed by atoms with Gasteiger partial charge in [-0.25, -0.2) is 9.78 Å². The van der Waals surface area contributed by atoms with Crippen molar-refractivity contribution >= 4 is 5.97 Å². The smallest absolute Gasteiger partial charge is 0.306 e. The van der Waals surface area contributed by atoms with E-state index in [1.807, 2.05) is 0 Å². The molecule has 0 bridgehead atoms. The van der Waals surface area contributed by atoms with Crippen LogP contribution in [0, 0.1) is 0 Å². The molecule has 0 aromatic rings. The first kappa shape index (κ1) is 11.4. The highest BCUT2D eigenvalue weighted by Crippen LogP contribution is 1.80. The average Bonchev–Trinajstić information content (AvgIpc) is 2.10. The summed E-state index contributed by atoms with van der Waals surface area (Å²) in [7, 11) is 2.82. The fourth-order valence-electron chi connectivity index (χ4n) is 0.615. The molecule has 0 aromatic carbocycles. The Hall–Kier alpha value is -0.650. The van der Waals surface area contributed by atoms with E-state index in [1.165, 1.54) is 14.2 Å². The molecule has 72 valence electrons. The molecule has 0 rings (SSSR count). The molecule has 0 fully saturated rings. The first-order chi connectivity index (χ1) is 5.81. The highest BCUT2D eigenvalue weighted by Gasteiger charge is 1.97. The van der Waals surface area contributed by atoms with E-state index in [4.69, 9.17) is 0 Å². The molecule has 0 heterocycles.